The fourth-order valence-electron chi connectivity index (χ4n) is 2.45. The Morgan fingerprint density at radius 1 is 1.23 bits per heavy atom. The van der Waals surface area contributed by atoms with Crippen LogP contribution in [0.5, 0.6) is 0 Å². The van der Waals surface area contributed by atoms with E-state index in [9.17, 15) is 9.59 Å². The second-order valence-electron chi connectivity index (χ2n) is 6.16. The number of halogens is 1. The number of esters is 1. The third-order valence-electron chi connectivity index (χ3n) is 3.78. The summed E-state index contributed by atoms with van der Waals surface area (Å²) in [6, 6.07) is 9.03. The normalized spacial score (nSPS) is 11.8. The number of aliphatic imine (C=N–C) groups is 1. The highest BCUT2D eigenvalue weighted by Crippen LogP contribution is 2.24. The van der Waals surface area contributed by atoms with Gasteiger partial charge >= 0.3 is 5.97 Å². The Bertz CT molecular complexity index is 857. The number of nitrogens with one attached hydrogen (secondary N) is 3. The highest BCUT2D eigenvalue weighted by molar-refractivity contribution is 14.0. The highest BCUT2D eigenvalue weighted by Gasteiger charge is 2.20. The second-order valence-corrected chi connectivity index (χ2v) is 7.19. The van der Waals surface area contributed by atoms with Crippen LogP contribution in [0.4, 0.5) is 5.69 Å². The van der Waals surface area contributed by atoms with Crippen molar-refractivity contribution in [2.45, 2.75) is 33.7 Å². The molecule has 8 nitrogen and oxygen atoms in total. The van der Waals surface area contributed by atoms with Gasteiger partial charge in [-0.25, -0.2) is 14.8 Å². The van der Waals surface area contributed by atoms with Gasteiger partial charge in [0.2, 0.25) is 5.91 Å². The lowest BCUT2D eigenvalue weighted by atomic mass is 10.3. The van der Waals surface area contributed by atoms with E-state index in [1.165, 1.54) is 11.3 Å². The molecule has 1 aromatic heterocycles. The van der Waals surface area contributed by atoms with Crippen molar-refractivity contribution in [2.75, 3.05) is 25.0 Å². The van der Waals surface area contributed by atoms with Crippen LogP contribution in [-0.4, -0.2) is 42.5 Å². The zero-order valence-electron chi connectivity index (χ0n) is 17.5. The molecule has 0 aliphatic rings. The molecule has 1 heterocycles. The smallest absolute Gasteiger partial charge is 0.350 e. The van der Waals surface area contributed by atoms with E-state index in [1.54, 1.807) is 13.8 Å². The van der Waals surface area contributed by atoms with E-state index < -0.39 is 0 Å². The third kappa shape index (κ3) is 7.90. The van der Waals surface area contributed by atoms with Crippen LogP contribution in [0.25, 0.3) is 0 Å². The lowest BCUT2D eigenvalue weighted by Crippen LogP contribution is -2.39. The summed E-state index contributed by atoms with van der Waals surface area (Å²) in [5.74, 6) is -0.0800. The van der Waals surface area contributed by atoms with Crippen molar-refractivity contribution >= 4 is 58.8 Å². The van der Waals surface area contributed by atoms with Crippen LogP contribution in [0.2, 0.25) is 0 Å². The molecule has 30 heavy (non-hydrogen) atoms. The minimum Gasteiger partial charge on any atom is -0.462 e. The van der Waals surface area contributed by atoms with Crippen molar-refractivity contribution in [3.8, 4) is 0 Å². The first kappa shape index (κ1) is 25.8. The molecule has 0 radical (unpaired) electrons. The van der Waals surface area contributed by atoms with E-state index in [1.807, 2.05) is 44.2 Å². The number of hydrogen-bond acceptors (Lipinski definition) is 6. The molecule has 0 aliphatic carbocycles. The number of rotatable bonds is 8. The van der Waals surface area contributed by atoms with Crippen LogP contribution in [0, 0.1) is 6.92 Å². The lowest BCUT2D eigenvalue weighted by molar-refractivity contribution is -0.114. The summed E-state index contributed by atoms with van der Waals surface area (Å²) in [7, 11) is 0. The number of aryl methyl sites for hydroxylation is 1. The average Bonchev–Trinajstić information content (AvgIpc) is 3.09. The fourth-order valence-corrected chi connectivity index (χ4v) is 3.41. The molecule has 1 aromatic carbocycles. The summed E-state index contributed by atoms with van der Waals surface area (Å²) in [5, 5.41) is 9.87. The molecule has 0 saturated carbocycles. The first-order chi connectivity index (χ1) is 13.9. The van der Waals surface area contributed by atoms with Crippen molar-refractivity contribution in [3.63, 3.8) is 0 Å². The summed E-state index contributed by atoms with van der Waals surface area (Å²) >= 11 is 1.29. The molecule has 0 fully saturated rings. The van der Waals surface area contributed by atoms with E-state index in [0.29, 0.717) is 29.7 Å². The van der Waals surface area contributed by atoms with Gasteiger partial charge in [0.25, 0.3) is 0 Å². The quantitative estimate of drug-likeness (QED) is 0.203. The number of amides is 1. The van der Waals surface area contributed by atoms with Gasteiger partial charge in [-0.3, -0.25) is 4.79 Å². The van der Waals surface area contributed by atoms with Crippen molar-refractivity contribution in [1.82, 2.24) is 15.6 Å². The molecule has 2 aromatic rings. The molecule has 10 heteroatoms. The molecule has 1 amide bonds. The van der Waals surface area contributed by atoms with Gasteiger partial charge in [-0.1, -0.05) is 18.2 Å². The van der Waals surface area contributed by atoms with Gasteiger partial charge in [-0.05, 0) is 39.8 Å². The SMILES string of the molecule is CCNC(=NCC(=O)Nc1ccccc1)NC(C)c1nc(C)c(C(=O)OCC)s1.I. The van der Waals surface area contributed by atoms with Gasteiger partial charge in [0.15, 0.2) is 5.96 Å². The number of ether oxygens (including phenoxy) is 1. The van der Waals surface area contributed by atoms with Crippen LogP contribution in [0.3, 0.4) is 0 Å². The van der Waals surface area contributed by atoms with Crippen LogP contribution < -0.4 is 16.0 Å². The molecule has 2 rings (SSSR count). The van der Waals surface area contributed by atoms with Crippen LogP contribution in [-0.2, 0) is 9.53 Å². The Kier molecular flexibility index (Phi) is 11.3. The number of anilines is 1. The zero-order valence-corrected chi connectivity index (χ0v) is 20.7. The number of hydrogen-bond donors (Lipinski definition) is 3. The van der Waals surface area contributed by atoms with E-state index >= 15 is 0 Å². The molecule has 0 saturated heterocycles. The standard InChI is InChI=1S/C20H27N5O3S.HI/c1-5-21-20(22-12-16(26)25-15-10-8-7-9-11-15)24-14(4)18-23-13(3)17(29-18)19(27)28-6-2;/h7-11,14H,5-6,12H2,1-4H3,(H,25,26)(H2,21,22,24);1H. The number of guanidine groups is 1. The molecular formula is C20H28IN5O3S. The Balaban J connectivity index is 0.00000450. The fraction of sp³-hybridized carbons (Fsp3) is 0.400. The molecule has 1 atom stereocenters. The van der Waals surface area contributed by atoms with Crippen LogP contribution in [0.15, 0.2) is 35.3 Å². The van der Waals surface area contributed by atoms with E-state index in [0.717, 1.165) is 10.7 Å². The first-order valence-corrected chi connectivity index (χ1v) is 10.3. The topological polar surface area (TPSA) is 105 Å². The first-order valence-electron chi connectivity index (χ1n) is 9.48. The van der Waals surface area contributed by atoms with Crippen LogP contribution >= 0.6 is 35.3 Å². The minimum atomic E-state index is -0.362. The maximum atomic E-state index is 12.1. The summed E-state index contributed by atoms with van der Waals surface area (Å²) in [6.07, 6.45) is 0. The number of carbonyl (C=O) groups excluding carboxylic acids is 2. The van der Waals surface area contributed by atoms with E-state index in [-0.39, 0.29) is 48.4 Å². The summed E-state index contributed by atoms with van der Waals surface area (Å²) in [5.41, 5.74) is 1.37. The average molecular weight is 545 g/mol. The van der Waals surface area contributed by atoms with Gasteiger partial charge in [0.1, 0.15) is 16.4 Å². The molecule has 0 spiro atoms. The lowest BCUT2D eigenvalue weighted by Gasteiger charge is -2.16. The summed E-state index contributed by atoms with van der Waals surface area (Å²) in [6.45, 7) is 8.36. The van der Waals surface area contributed by atoms with E-state index in [4.69, 9.17) is 4.74 Å². The number of para-hydroxylation sites is 1. The van der Waals surface area contributed by atoms with Gasteiger partial charge in [-0.15, -0.1) is 35.3 Å². The van der Waals surface area contributed by atoms with Crippen molar-refractivity contribution in [2.24, 2.45) is 4.99 Å². The van der Waals surface area contributed by atoms with Gasteiger partial charge in [0.05, 0.1) is 18.3 Å². The summed E-state index contributed by atoms with van der Waals surface area (Å²) in [4.78, 5) is 33.4. The Morgan fingerprint density at radius 2 is 1.93 bits per heavy atom. The maximum absolute atomic E-state index is 12.1. The Hall–Kier alpha value is -2.21. The van der Waals surface area contributed by atoms with Crippen molar-refractivity contribution < 1.29 is 14.3 Å². The number of thiazole rings is 1. The van der Waals surface area contributed by atoms with Gasteiger partial charge in [0, 0.05) is 12.2 Å². The van der Waals surface area contributed by atoms with E-state index in [2.05, 4.69) is 25.9 Å². The van der Waals surface area contributed by atoms with Crippen LogP contribution in [0.1, 0.15) is 47.2 Å². The van der Waals surface area contributed by atoms with Crippen molar-refractivity contribution in [3.05, 3.63) is 45.9 Å². The largest absolute Gasteiger partial charge is 0.462 e. The molecule has 164 valence electrons. The minimum absolute atomic E-state index is 0. The zero-order chi connectivity index (χ0) is 21.2. The maximum Gasteiger partial charge on any atom is 0.350 e. The molecule has 0 aliphatic heterocycles. The number of nitrogens with zero attached hydrogens (tertiary/aromatic N) is 2. The molecule has 0 bridgehead atoms. The molecule has 1 unspecified atom stereocenters. The highest BCUT2D eigenvalue weighted by atomic mass is 127. The predicted molar refractivity (Wildman–Crippen MR) is 131 cm³/mol. The van der Waals surface area contributed by atoms with Gasteiger partial charge in [-0.2, -0.15) is 0 Å². The molecular weight excluding hydrogens is 517 g/mol. The number of aromatic nitrogens is 1. The Labute approximate surface area is 197 Å². The monoisotopic (exact) mass is 545 g/mol. The number of carbonyl (C=O) groups is 2. The summed E-state index contributed by atoms with van der Waals surface area (Å²) < 4.78 is 5.07. The van der Waals surface area contributed by atoms with Gasteiger partial charge < -0.3 is 20.7 Å². The number of benzene rings is 1. The Morgan fingerprint density at radius 3 is 2.57 bits per heavy atom. The third-order valence-corrected chi connectivity index (χ3v) is 5.10. The second kappa shape index (κ2) is 13.2. The van der Waals surface area contributed by atoms with Crippen molar-refractivity contribution in [1.29, 1.82) is 0 Å². The predicted octanol–water partition coefficient (Wildman–Crippen LogP) is 3.50. The molecule has 3 N–H and O–H groups in total.